The van der Waals surface area contributed by atoms with Gasteiger partial charge in [-0.25, -0.2) is 9.59 Å². The highest BCUT2D eigenvalue weighted by Crippen LogP contribution is 2.38. The third kappa shape index (κ3) is 23.0. The van der Waals surface area contributed by atoms with E-state index in [9.17, 15) is 38.7 Å². The van der Waals surface area contributed by atoms with Gasteiger partial charge in [0.2, 0.25) is 0 Å². The maximum absolute atomic E-state index is 12.2. The average molecular weight is 973 g/mol. The lowest BCUT2D eigenvalue weighted by molar-refractivity contribution is 0.0260. The van der Waals surface area contributed by atoms with Gasteiger partial charge >= 0.3 is 11.9 Å². The van der Waals surface area contributed by atoms with Crippen LogP contribution in [0.4, 0.5) is 0 Å². The smallest absolute Gasteiger partial charge is 0.335 e. The van der Waals surface area contributed by atoms with E-state index in [1.807, 2.05) is 31.2 Å². The predicted octanol–water partition coefficient (Wildman–Crippen LogP) is 8.91. The van der Waals surface area contributed by atoms with E-state index in [0.29, 0.717) is 32.3 Å². The molecule has 0 radical (unpaired) electrons. The largest absolute Gasteiger partial charge is 0.478 e. The first-order valence-electron chi connectivity index (χ1n) is 22.4. The zero-order chi connectivity index (χ0) is 51.1. The molecule has 8 N–H and O–H groups in total. The second kappa shape index (κ2) is 33.1. The molecule has 0 aliphatic carbocycles. The summed E-state index contributed by atoms with van der Waals surface area (Å²) in [7, 11) is -6.79. The third-order valence-electron chi connectivity index (χ3n) is 10.3. The number of aromatic carboxylic acids is 2. The van der Waals surface area contributed by atoms with Crippen LogP contribution in [0.25, 0.3) is 0 Å². The molecule has 0 fully saturated rings. The molecule has 68 heavy (non-hydrogen) atoms. The van der Waals surface area contributed by atoms with Crippen LogP contribution in [0.15, 0.2) is 182 Å². The van der Waals surface area contributed by atoms with Crippen molar-refractivity contribution in [3.8, 4) is 0 Å². The Morgan fingerprint density at radius 3 is 0.779 bits per heavy atom. The Kier molecular flexibility index (Phi) is 29.4. The van der Waals surface area contributed by atoms with Crippen molar-refractivity contribution in [2.75, 3.05) is 0 Å². The number of hydrogen-bond donors (Lipinski definition) is 8. The molecule has 0 aromatic heterocycles. The van der Waals surface area contributed by atoms with Crippen LogP contribution in [0, 0.1) is 11.8 Å². The predicted molar refractivity (Wildman–Crippen MR) is 274 cm³/mol. The number of carbonyl (C=O) groups is 2. The van der Waals surface area contributed by atoms with Gasteiger partial charge in [-0.1, -0.05) is 136 Å². The van der Waals surface area contributed by atoms with Gasteiger partial charge < -0.3 is 40.4 Å². The monoisotopic (exact) mass is 972 g/mol. The molecular weight excluding hydrogens is 903 g/mol. The van der Waals surface area contributed by atoms with Crippen LogP contribution in [0.3, 0.4) is 0 Å². The molecule has 0 aliphatic heterocycles. The van der Waals surface area contributed by atoms with Crippen LogP contribution in [-0.2, 0) is 9.13 Å². The van der Waals surface area contributed by atoms with Crippen LogP contribution in [-0.4, -0.2) is 76.8 Å². The lowest BCUT2D eigenvalue weighted by Gasteiger charge is -2.22. The van der Waals surface area contributed by atoms with Gasteiger partial charge in [0.15, 0.2) is 0 Å². The minimum atomic E-state index is -3.40. The normalized spacial score (nSPS) is 13.2. The minimum Gasteiger partial charge on any atom is -0.478 e. The van der Waals surface area contributed by atoms with Crippen molar-refractivity contribution in [3.05, 3.63) is 193 Å². The number of rotatable bonds is 14. The summed E-state index contributed by atoms with van der Waals surface area (Å²) in [6.07, 6.45) is 2.39. The molecule has 6 aromatic carbocycles. The second-order valence-corrected chi connectivity index (χ2v) is 20.0. The van der Waals surface area contributed by atoms with Crippen molar-refractivity contribution in [3.63, 3.8) is 0 Å². The Bertz CT molecular complexity index is 2070. The van der Waals surface area contributed by atoms with Crippen LogP contribution in [0.5, 0.6) is 0 Å². The van der Waals surface area contributed by atoms with E-state index in [-0.39, 0.29) is 24.0 Å². The topological polar surface area (TPSA) is 230 Å². The second-order valence-electron chi connectivity index (χ2n) is 15.7. The van der Waals surface area contributed by atoms with Gasteiger partial charge in [0.25, 0.3) is 14.7 Å². The number of unbranched alkanes of at least 4 members (excludes halogenated alkanes) is 1. The van der Waals surface area contributed by atoms with Gasteiger partial charge in [-0.15, -0.1) is 0 Å². The first-order chi connectivity index (χ1) is 32.2. The van der Waals surface area contributed by atoms with Crippen LogP contribution < -0.4 is 21.2 Å². The standard InChI is InChI=1S/2C12H11O2P.C9H20O2.2C7H6O2.C7H16O2/c2*13-15(14,11-7-3-1-4-8-11)12-9-5-2-6-10-12;1-4-5-6-9(7(2)10)8(3)11;2*8-7(9)6-4-2-1-3-5-6;1-4-7(5(2)8)6(3)9/h2*1-10H,(H,13,14);7-11H,4-6H2,1-3H3;2*1-5H,(H,8,9);5-9H,4H2,1-3H3. The fourth-order valence-corrected chi connectivity index (χ4v) is 9.29. The summed E-state index contributed by atoms with van der Waals surface area (Å²) in [4.78, 5) is 40.4. The minimum absolute atomic E-state index is 0.0324. The molecule has 0 spiro atoms. The molecule has 0 heterocycles. The van der Waals surface area contributed by atoms with E-state index in [1.54, 1.807) is 185 Å². The van der Waals surface area contributed by atoms with E-state index in [0.717, 1.165) is 25.7 Å². The van der Waals surface area contributed by atoms with Crippen molar-refractivity contribution in [2.45, 2.75) is 91.6 Å². The van der Waals surface area contributed by atoms with E-state index >= 15 is 0 Å². The summed E-state index contributed by atoms with van der Waals surface area (Å²) in [6.45, 7) is 11.0. The maximum atomic E-state index is 12.2. The Labute approximate surface area is 402 Å². The molecular formula is C54H70O12P2. The van der Waals surface area contributed by atoms with E-state index < -0.39 is 38.9 Å². The SMILES string of the molecule is CCC(C(C)O)C(C)O.CCCCC(C(C)O)C(C)O.O=C(O)c1ccccc1.O=C(O)c1ccccc1.O=P(O)(c1ccccc1)c1ccccc1.O=P(O)(c1ccccc1)c1ccccc1. The van der Waals surface area contributed by atoms with Gasteiger partial charge in [0.05, 0.1) is 35.5 Å². The van der Waals surface area contributed by atoms with E-state index in [2.05, 4.69) is 6.92 Å². The van der Waals surface area contributed by atoms with Crippen molar-refractivity contribution in [1.29, 1.82) is 0 Å². The highest BCUT2D eigenvalue weighted by atomic mass is 31.2. The van der Waals surface area contributed by atoms with Crippen molar-refractivity contribution < 1.29 is 59.1 Å². The van der Waals surface area contributed by atoms with Crippen molar-refractivity contribution >= 4 is 47.9 Å². The molecule has 12 nitrogen and oxygen atoms in total. The fourth-order valence-electron chi connectivity index (χ4n) is 6.39. The quantitative estimate of drug-likeness (QED) is 0.0479. The first-order valence-corrected chi connectivity index (χ1v) is 25.7. The molecule has 0 bridgehead atoms. The summed E-state index contributed by atoms with van der Waals surface area (Å²) in [5, 5.41) is 55.2. The zero-order valence-electron chi connectivity index (χ0n) is 39.7. The molecule has 14 heteroatoms. The summed E-state index contributed by atoms with van der Waals surface area (Å²) in [6, 6.07) is 51.4. The molecule has 6 aromatic rings. The Morgan fingerprint density at radius 2 is 0.632 bits per heavy atom. The molecule has 4 atom stereocenters. The fraction of sp³-hybridized carbons (Fsp3) is 0.296. The molecule has 0 amide bonds. The third-order valence-corrected chi connectivity index (χ3v) is 14.3. The first kappa shape index (κ1) is 60.5. The number of aliphatic hydroxyl groups is 4. The number of hydrogen-bond acceptors (Lipinski definition) is 8. The van der Waals surface area contributed by atoms with E-state index in [1.165, 1.54) is 0 Å². The Morgan fingerprint density at radius 1 is 0.412 bits per heavy atom. The number of benzene rings is 6. The molecule has 0 saturated heterocycles. The van der Waals surface area contributed by atoms with E-state index in [4.69, 9.17) is 20.4 Å². The van der Waals surface area contributed by atoms with Crippen molar-refractivity contribution in [2.24, 2.45) is 11.8 Å². The lowest BCUT2D eigenvalue weighted by atomic mass is 9.92. The molecule has 6 rings (SSSR count). The van der Waals surface area contributed by atoms with Gasteiger partial charge in [0, 0.05) is 33.1 Å². The Balaban J connectivity index is 0.000000415. The highest BCUT2D eigenvalue weighted by molar-refractivity contribution is 7.73. The zero-order valence-corrected chi connectivity index (χ0v) is 41.5. The molecule has 4 unspecified atom stereocenters. The highest BCUT2D eigenvalue weighted by Gasteiger charge is 2.24. The van der Waals surface area contributed by atoms with Crippen molar-refractivity contribution in [1.82, 2.24) is 0 Å². The van der Waals surface area contributed by atoms with Gasteiger partial charge in [-0.2, -0.15) is 0 Å². The lowest BCUT2D eigenvalue weighted by Crippen LogP contribution is -2.27. The summed E-state index contributed by atoms with van der Waals surface area (Å²) < 4.78 is 24.3. The molecule has 0 aliphatic rings. The van der Waals surface area contributed by atoms with Crippen LogP contribution >= 0.6 is 14.7 Å². The number of carboxylic acids is 2. The number of aliphatic hydroxyl groups excluding tert-OH is 4. The summed E-state index contributed by atoms with van der Waals surface area (Å²) in [5.74, 6) is -1.67. The summed E-state index contributed by atoms with van der Waals surface area (Å²) in [5.41, 5.74) is 0.662. The average Bonchev–Trinajstić information content (AvgIpc) is 3.34. The number of carboxylic acid groups (broad SMARTS) is 2. The van der Waals surface area contributed by atoms with Gasteiger partial charge in [-0.05, 0) is 113 Å². The molecule has 368 valence electrons. The van der Waals surface area contributed by atoms with Gasteiger partial charge in [-0.3, -0.25) is 9.13 Å². The van der Waals surface area contributed by atoms with Crippen LogP contribution in [0.2, 0.25) is 0 Å². The maximum Gasteiger partial charge on any atom is 0.335 e. The van der Waals surface area contributed by atoms with Gasteiger partial charge in [0.1, 0.15) is 0 Å². The Hall–Kier alpha value is -5.52. The van der Waals surface area contributed by atoms with Crippen LogP contribution in [0.1, 0.15) is 87.9 Å². The summed E-state index contributed by atoms with van der Waals surface area (Å²) >= 11 is 0. The molecule has 0 saturated carbocycles.